The summed E-state index contributed by atoms with van der Waals surface area (Å²) in [6.07, 6.45) is 3.52. The number of nitrogens with one attached hydrogen (secondary N) is 1. The molecule has 94 valence electrons. The molecule has 0 fully saturated rings. The van der Waals surface area contributed by atoms with Gasteiger partial charge >= 0.3 is 5.97 Å². The lowest BCUT2D eigenvalue weighted by molar-refractivity contribution is 0.0698. The Morgan fingerprint density at radius 2 is 2.33 bits per heavy atom. The van der Waals surface area contributed by atoms with Crippen LogP contribution in [0.25, 0.3) is 0 Å². The van der Waals surface area contributed by atoms with Gasteiger partial charge in [-0.3, -0.25) is 0 Å². The average molecular weight is 246 g/mol. The third-order valence-electron chi connectivity index (χ3n) is 2.63. The lowest BCUT2D eigenvalue weighted by atomic mass is 10.1. The van der Waals surface area contributed by atoms with Crippen LogP contribution in [0.2, 0.25) is 0 Å². The Kier molecular flexibility index (Phi) is 3.18. The SMILES string of the molecule is Cn1ccnc1CNc1cc(N)ccc1C(=O)O. The van der Waals surface area contributed by atoms with Crippen LogP contribution in [0.1, 0.15) is 16.2 Å². The van der Waals surface area contributed by atoms with Crippen LogP contribution in [-0.2, 0) is 13.6 Å². The summed E-state index contributed by atoms with van der Waals surface area (Å²) < 4.78 is 1.86. The van der Waals surface area contributed by atoms with E-state index in [1.54, 1.807) is 18.3 Å². The molecule has 6 nitrogen and oxygen atoms in total. The van der Waals surface area contributed by atoms with Crippen LogP contribution in [0, 0.1) is 0 Å². The topological polar surface area (TPSA) is 93.2 Å². The van der Waals surface area contributed by atoms with Crippen LogP contribution in [0.4, 0.5) is 11.4 Å². The first-order chi connectivity index (χ1) is 8.58. The Balaban J connectivity index is 2.20. The number of nitrogens with zero attached hydrogens (tertiary/aromatic N) is 2. The molecule has 0 spiro atoms. The Morgan fingerprint density at radius 3 is 2.94 bits per heavy atom. The molecular formula is C12H14N4O2. The summed E-state index contributed by atoms with van der Waals surface area (Å²) >= 11 is 0. The molecule has 0 bridgehead atoms. The van der Waals surface area contributed by atoms with Crippen molar-refractivity contribution in [3.8, 4) is 0 Å². The number of rotatable bonds is 4. The lowest BCUT2D eigenvalue weighted by Gasteiger charge is -2.10. The molecule has 4 N–H and O–H groups in total. The van der Waals surface area contributed by atoms with Crippen LogP contribution in [0.5, 0.6) is 0 Å². The predicted molar refractivity (Wildman–Crippen MR) is 68.3 cm³/mol. The fourth-order valence-corrected chi connectivity index (χ4v) is 1.64. The number of carbonyl (C=O) groups is 1. The van der Waals surface area contributed by atoms with E-state index in [0.717, 1.165) is 5.82 Å². The van der Waals surface area contributed by atoms with E-state index in [1.165, 1.54) is 6.07 Å². The summed E-state index contributed by atoms with van der Waals surface area (Å²) in [7, 11) is 1.88. The first kappa shape index (κ1) is 12.0. The van der Waals surface area contributed by atoms with Gasteiger partial charge < -0.3 is 20.7 Å². The summed E-state index contributed by atoms with van der Waals surface area (Å²) in [5.41, 5.74) is 6.85. The number of hydrogen-bond donors (Lipinski definition) is 3. The van der Waals surface area contributed by atoms with Gasteiger partial charge in [-0.25, -0.2) is 9.78 Å². The second-order valence-corrected chi connectivity index (χ2v) is 3.92. The van der Waals surface area contributed by atoms with Gasteiger partial charge in [0.1, 0.15) is 5.82 Å². The quantitative estimate of drug-likeness (QED) is 0.707. The van der Waals surface area contributed by atoms with E-state index in [-0.39, 0.29) is 5.56 Å². The van der Waals surface area contributed by atoms with Crippen LogP contribution in [0.3, 0.4) is 0 Å². The van der Waals surface area contributed by atoms with E-state index in [4.69, 9.17) is 10.8 Å². The molecular weight excluding hydrogens is 232 g/mol. The summed E-state index contributed by atoms with van der Waals surface area (Å²) in [5.74, 6) is -0.175. The highest BCUT2D eigenvalue weighted by Gasteiger charge is 2.10. The molecule has 6 heteroatoms. The maximum Gasteiger partial charge on any atom is 0.337 e. The van der Waals surface area contributed by atoms with Gasteiger partial charge in [0.25, 0.3) is 0 Å². The second-order valence-electron chi connectivity index (χ2n) is 3.92. The van der Waals surface area contributed by atoms with Crippen molar-refractivity contribution in [1.29, 1.82) is 0 Å². The normalized spacial score (nSPS) is 10.3. The first-order valence-electron chi connectivity index (χ1n) is 5.41. The third-order valence-corrected chi connectivity index (χ3v) is 2.63. The van der Waals surface area contributed by atoms with Crippen molar-refractivity contribution in [3.63, 3.8) is 0 Å². The van der Waals surface area contributed by atoms with Gasteiger partial charge in [-0.05, 0) is 18.2 Å². The fourth-order valence-electron chi connectivity index (χ4n) is 1.64. The van der Waals surface area contributed by atoms with Gasteiger partial charge in [-0.2, -0.15) is 0 Å². The van der Waals surface area contributed by atoms with Crippen molar-refractivity contribution in [2.24, 2.45) is 7.05 Å². The van der Waals surface area contributed by atoms with E-state index >= 15 is 0 Å². The summed E-state index contributed by atoms with van der Waals surface area (Å²) in [6.45, 7) is 0.438. The first-order valence-corrected chi connectivity index (χ1v) is 5.41. The molecule has 0 aliphatic heterocycles. The molecule has 0 unspecified atom stereocenters. The zero-order valence-electron chi connectivity index (χ0n) is 9.92. The summed E-state index contributed by atoms with van der Waals surface area (Å²) in [5, 5.41) is 12.1. The molecule has 1 heterocycles. The Labute approximate surface area is 104 Å². The number of imidazole rings is 1. The number of carboxylic acids is 1. The van der Waals surface area contributed by atoms with Crippen LogP contribution >= 0.6 is 0 Å². The monoisotopic (exact) mass is 246 g/mol. The summed E-state index contributed by atoms with van der Waals surface area (Å²) in [6, 6.07) is 4.65. The average Bonchev–Trinajstić information content (AvgIpc) is 2.72. The zero-order chi connectivity index (χ0) is 13.1. The zero-order valence-corrected chi connectivity index (χ0v) is 9.92. The number of nitrogens with two attached hydrogens (primary N) is 1. The molecule has 1 aromatic carbocycles. The molecule has 0 saturated heterocycles. The van der Waals surface area contributed by atoms with Crippen molar-refractivity contribution < 1.29 is 9.90 Å². The molecule has 0 radical (unpaired) electrons. The molecule has 0 aliphatic carbocycles. The van der Waals surface area contributed by atoms with Gasteiger partial charge in [0.2, 0.25) is 0 Å². The predicted octanol–water partition coefficient (Wildman–Crippen LogP) is 1.31. The number of aromatic nitrogens is 2. The van der Waals surface area contributed by atoms with E-state index in [1.807, 2.05) is 17.8 Å². The van der Waals surface area contributed by atoms with Crippen molar-refractivity contribution in [2.45, 2.75) is 6.54 Å². The Hall–Kier alpha value is -2.50. The minimum atomic E-state index is -0.989. The third kappa shape index (κ3) is 2.42. The number of nitrogen functional groups attached to an aromatic ring is 1. The van der Waals surface area contributed by atoms with Crippen LogP contribution in [-0.4, -0.2) is 20.6 Å². The van der Waals surface area contributed by atoms with E-state index in [9.17, 15) is 4.79 Å². The highest BCUT2D eigenvalue weighted by atomic mass is 16.4. The highest BCUT2D eigenvalue weighted by Crippen LogP contribution is 2.19. The summed E-state index contributed by atoms with van der Waals surface area (Å²) in [4.78, 5) is 15.2. The van der Waals surface area contributed by atoms with Crippen molar-refractivity contribution in [3.05, 3.63) is 42.0 Å². The molecule has 0 saturated carbocycles. The lowest BCUT2D eigenvalue weighted by Crippen LogP contribution is -2.09. The van der Waals surface area contributed by atoms with E-state index in [0.29, 0.717) is 17.9 Å². The van der Waals surface area contributed by atoms with Crippen molar-refractivity contribution >= 4 is 17.3 Å². The highest BCUT2D eigenvalue weighted by molar-refractivity contribution is 5.95. The van der Waals surface area contributed by atoms with Gasteiger partial charge in [0, 0.05) is 25.1 Å². The van der Waals surface area contributed by atoms with E-state index in [2.05, 4.69) is 10.3 Å². The van der Waals surface area contributed by atoms with Crippen LogP contribution in [0.15, 0.2) is 30.6 Å². The van der Waals surface area contributed by atoms with Gasteiger partial charge in [0.15, 0.2) is 0 Å². The molecule has 18 heavy (non-hydrogen) atoms. The molecule has 1 aromatic heterocycles. The van der Waals surface area contributed by atoms with E-state index < -0.39 is 5.97 Å². The van der Waals surface area contributed by atoms with Crippen LogP contribution < -0.4 is 11.1 Å². The molecule has 2 rings (SSSR count). The molecule has 0 aliphatic rings. The van der Waals surface area contributed by atoms with Gasteiger partial charge in [-0.1, -0.05) is 0 Å². The number of carboxylic acid groups (broad SMARTS) is 1. The fraction of sp³-hybridized carbons (Fsp3) is 0.167. The molecule has 0 amide bonds. The Morgan fingerprint density at radius 1 is 1.56 bits per heavy atom. The maximum absolute atomic E-state index is 11.1. The largest absolute Gasteiger partial charge is 0.478 e. The number of benzene rings is 1. The standard InChI is InChI=1S/C12H14N4O2/c1-16-5-4-14-11(16)7-15-10-6-8(13)2-3-9(10)12(17)18/h2-6,15H,7,13H2,1H3,(H,17,18). The van der Waals surface area contributed by atoms with Crippen molar-refractivity contribution in [1.82, 2.24) is 9.55 Å². The number of aromatic carboxylic acids is 1. The van der Waals surface area contributed by atoms with Gasteiger partial charge in [0.05, 0.1) is 17.8 Å². The Bertz CT molecular complexity index is 577. The number of hydrogen-bond acceptors (Lipinski definition) is 4. The van der Waals surface area contributed by atoms with Gasteiger partial charge in [-0.15, -0.1) is 0 Å². The van der Waals surface area contributed by atoms with Crippen molar-refractivity contribution in [2.75, 3.05) is 11.1 Å². The number of anilines is 2. The number of aryl methyl sites for hydroxylation is 1. The minimum Gasteiger partial charge on any atom is -0.478 e. The maximum atomic E-state index is 11.1. The minimum absolute atomic E-state index is 0.193. The molecule has 0 atom stereocenters. The smallest absolute Gasteiger partial charge is 0.337 e. The second kappa shape index (κ2) is 4.79. The molecule has 2 aromatic rings.